The molecule has 0 spiro atoms. The summed E-state index contributed by atoms with van der Waals surface area (Å²) < 4.78 is 52.5. The van der Waals surface area contributed by atoms with Gasteiger partial charge < -0.3 is 34.3 Å². The topological polar surface area (TPSA) is 118 Å². The minimum Gasteiger partial charge on any atom is -0.493 e. The fourth-order valence-electron chi connectivity index (χ4n) is 3.81. The summed E-state index contributed by atoms with van der Waals surface area (Å²) in [4.78, 5) is 28.2. The summed E-state index contributed by atoms with van der Waals surface area (Å²) in [5, 5.41) is 5.60. The number of aromatic nitrogens is 1. The summed E-state index contributed by atoms with van der Waals surface area (Å²) >= 11 is 12.7. The molecule has 0 radical (unpaired) electrons. The number of rotatable bonds is 14. The Bertz CT molecular complexity index is 1390. The number of halogens is 4. The number of benzene rings is 2. The molecule has 1 atom stereocenters. The van der Waals surface area contributed by atoms with Gasteiger partial charge in [-0.25, -0.2) is 9.78 Å². The Labute approximate surface area is 257 Å². The highest BCUT2D eigenvalue weighted by Gasteiger charge is 2.24. The molecule has 3 rings (SSSR count). The summed E-state index contributed by atoms with van der Waals surface area (Å²) in [6.45, 7) is 0.441. The Morgan fingerprint density at radius 2 is 1.60 bits per heavy atom. The molecule has 0 aliphatic rings. The van der Waals surface area contributed by atoms with Crippen molar-refractivity contribution in [3.8, 4) is 23.0 Å². The van der Waals surface area contributed by atoms with Gasteiger partial charge in [-0.1, -0.05) is 43.1 Å². The first-order valence-electron chi connectivity index (χ1n) is 13.0. The van der Waals surface area contributed by atoms with Crippen LogP contribution in [0.15, 0.2) is 48.8 Å². The highest BCUT2D eigenvalue weighted by Crippen LogP contribution is 2.36. The zero-order valence-electron chi connectivity index (χ0n) is 23.8. The van der Waals surface area contributed by atoms with Crippen molar-refractivity contribution in [2.45, 2.75) is 33.0 Å². The number of anilines is 1. The molecule has 14 heteroatoms. The molecular formula is C29H32Cl2F2N3O7+. The number of pyridine rings is 1. The SMILES string of the molecule is COc1ccc(NC(=O)NCC(=O)O[C@@H](Cc2c(Cl)c[nH+]cc2Cl)c2ccc(OC(F)F)c(OCC(C)C)c2)cc1OC. The van der Waals surface area contributed by atoms with Gasteiger partial charge in [0.1, 0.15) is 22.7 Å². The maximum Gasteiger partial charge on any atom is 0.387 e. The summed E-state index contributed by atoms with van der Waals surface area (Å²) in [5.74, 6) is 0.0407. The maximum atomic E-state index is 13.0. The molecule has 232 valence electrons. The number of carbonyl (C=O) groups excluding carboxylic acids is 2. The zero-order chi connectivity index (χ0) is 31.5. The first-order chi connectivity index (χ1) is 20.5. The molecule has 0 aliphatic carbocycles. The second-order valence-corrected chi connectivity index (χ2v) is 10.3. The molecule has 43 heavy (non-hydrogen) atoms. The number of hydrogen-bond donors (Lipinski definition) is 2. The van der Waals surface area contributed by atoms with Gasteiger partial charge >= 0.3 is 18.6 Å². The Hall–Kier alpha value is -4.03. The summed E-state index contributed by atoms with van der Waals surface area (Å²) in [6, 6.07) is 8.30. The van der Waals surface area contributed by atoms with E-state index in [1.807, 2.05) is 13.8 Å². The molecule has 0 saturated heterocycles. The van der Waals surface area contributed by atoms with Crippen molar-refractivity contribution in [3.63, 3.8) is 0 Å². The van der Waals surface area contributed by atoms with E-state index >= 15 is 0 Å². The number of hydrogen-bond acceptors (Lipinski definition) is 7. The standard InChI is InChI=1S/C29H31Cl2F2N3O7/c1-16(2)15-41-26-9-17(5-7-23(26)43-28(32)33)24(11-19-20(30)12-34-13-21(19)31)42-27(37)14-35-29(38)36-18-6-8-22(39-3)25(10-18)40-4/h5-10,12-13,16,24,28H,11,14-15H2,1-4H3,(H2,35,36,38)/p+1/t24-/m0/s1. The highest BCUT2D eigenvalue weighted by atomic mass is 35.5. The van der Waals surface area contributed by atoms with Gasteiger partial charge in [-0.3, -0.25) is 4.79 Å². The average Bonchev–Trinajstić information content (AvgIpc) is 2.96. The van der Waals surface area contributed by atoms with Crippen LogP contribution < -0.4 is 34.6 Å². The number of esters is 1. The third kappa shape index (κ3) is 10.0. The minimum absolute atomic E-state index is 0.0224. The molecule has 2 aromatic carbocycles. The van der Waals surface area contributed by atoms with Crippen molar-refractivity contribution in [1.82, 2.24) is 5.32 Å². The van der Waals surface area contributed by atoms with E-state index < -0.39 is 31.3 Å². The quantitative estimate of drug-likeness (QED) is 0.204. The number of urea groups is 1. The highest BCUT2D eigenvalue weighted by molar-refractivity contribution is 6.35. The molecular weight excluding hydrogens is 611 g/mol. The molecule has 10 nitrogen and oxygen atoms in total. The van der Waals surface area contributed by atoms with Gasteiger partial charge in [0.05, 0.1) is 20.8 Å². The van der Waals surface area contributed by atoms with Crippen molar-refractivity contribution in [2.75, 3.05) is 32.7 Å². The van der Waals surface area contributed by atoms with Crippen LogP contribution in [0.4, 0.5) is 19.3 Å². The van der Waals surface area contributed by atoms with Crippen LogP contribution in [0.25, 0.3) is 0 Å². The Balaban J connectivity index is 1.80. The Morgan fingerprint density at radius 1 is 0.930 bits per heavy atom. The summed E-state index contributed by atoms with van der Waals surface area (Å²) in [6.07, 6.45) is 2.05. The third-order valence-electron chi connectivity index (χ3n) is 5.82. The van der Waals surface area contributed by atoms with Gasteiger partial charge in [0.15, 0.2) is 35.4 Å². The number of amides is 2. The van der Waals surface area contributed by atoms with Gasteiger partial charge in [-0.15, -0.1) is 0 Å². The number of nitrogens with one attached hydrogen (secondary N) is 3. The van der Waals surface area contributed by atoms with E-state index in [1.165, 1.54) is 44.8 Å². The van der Waals surface area contributed by atoms with Gasteiger partial charge in [0.25, 0.3) is 0 Å². The van der Waals surface area contributed by atoms with Crippen LogP contribution in [-0.4, -0.2) is 46.0 Å². The maximum absolute atomic E-state index is 13.0. The van der Waals surface area contributed by atoms with Crippen molar-refractivity contribution < 1.29 is 47.0 Å². The van der Waals surface area contributed by atoms with Crippen molar-refractivity contribution in [1.29, 1.82) is 0 Å². The summed E-state index contributed by atoms with van der Waals surface area (Å²) in [7, 11) is 2.95. The normalized spacial score (nSPS) is 11.6. The van der Waals surface area contributed by atoms with Crippen LogP contribution in [0.3, 0.4) is 0 Å². The fourth-order valence-corrected chi connectivity index (χ4v) is 4.35. The van der Waals surface area contributed by atoms with Crippen molar-refractivity contribution >= 4 is 40.9 Å². The van der Waals surface area contributed by atoms with Crippen LogP contribution in [0, 0.1) is 5.92 Å². The smallest absolute Gasteiger partial charge is 0.387 e. The number of H-pyrrole nitrogens is 1. The van der Waals surface area contributed by atoms with E-state index in [9.17, 15) is 18.4 Å². The van der Waals surface area contributed by atoms with Crippen LogP contribution in [0.5, 0.6) is 23.0 Å². The molecule has 1 heterocycles. The van der Waals surface area contributed by atoms with Crippen molar-refractivity contribution in [2.24, 2.45) is 5.92 Å². The predicted octanol–water partition coefficient (Wildman–Crippen LogP) is 6.11. The molecule has 0 aliphatic heterocycles. The van der Waals surface area contributed by atoms with E-state index in [1.54, 1.807) is 18.2 Å². The van der Waals surface area contributed by atoms with Gasteiger partial charge in [0, 0.05) is 23.7 Å². The van der Waals surface area contributed by atoms with E-state index in [-0.39, 0.29) is 40.5 Å². The lowest BCUT2D eigenvalue weighted by Gasteiger charge is -2.21. The number of ether oxygens (including phenoxy) is 5. The third-order valence-corrected chi connectivity index (χ3v) is 6.50. The number of aromatic amines is 1. The van der Waals surface area contributed by atoms with Crippen LogP contribution in [0.2, 0.25) is 10.0 Å². The zero-order valence-corrected chi connectivity index (χ0v) is 25.4. The molecule has 2 amide bonds. The minimum atomic E-state index is -3.07. The van der Waals surface area contributed by atoms with E-state index in [2.05, 4.69) is 20.4 Å². The molecule has 0 saturated carbocycles. The van der Waals surface area contributed by atoms with E-state index in [0.29, 0.717) is 28.3 Å². The summed E-state index contributed by atoms with van der Waals surface area (Å²) in [5.41, 5.74) is 1.26. The fraction of sp³-hybridized carbons (Fsp3) is 0.345. The van der Waals surface area contributed by atoms with Crippen LogP contribution >= 0.6 is 23.2 Å². The largest absolute Gasteiger partial charge is 0.493 e. The molecule has 3 aromatic rings. The first-order valence-corrected chi connectivity index (χ1v) is 13.8. The van der Waals surface area contributed by atoms with E-state index in [4.69, 9.17) is 42.1 Å². The van der Waals surface area contributed by atoms with Gasteiger partial charge in [-0.2, -0.15) is 8.78 Å². The number of carbonyl (C=O) groups is 2. The van der Waals surface area contributed by atoms with Crippen molar-refractivity contribution in [3.05, 3.63) is 70.0 Å². The molecule has 3 N–H and O–H groups in total. The second kappa shape index (κ2) is 16.0. The van der Waals surface area contributed by atoms with Gasteiger partial charge in [0.2, 0.25) is 0 Å². The van der Waals surface area contributed by atoms with Gasteiger partial charge in [-0.05, 0) is 35.7 Å². The molecule has 0 bridgehead atoms. The second-order valence-electron chi connectivity index (χ2n) is 9.48. The van der Waals surface area contributed by atoms with Crippen LogP contribution in [0.1, 0.15) is 31.1 Å². The predicted molar refractivity (Wildman–Crippen MR) is 156 cm³/mol. The molecule has 1 aromatic heterocycles. The lowest BCUT2D eigenvalue weighted by molar-refractivity contribution is -0.377. The lowest BCUT2D eigenvalue weighted by Crippen LogP contribution is -2.34. The average molecular weight is 643 g/mol. The molecule has 0 fully saturated rings. The lowest BCUT2D eigenvalue weighted by atomic mass is 10.0. The van der Waals surface area contributed by atoms with E-state index in [0.717, 1.165) is 0 Å². The monoisotopic (exact) mass is 642 g/mol. The Morgan fingerprint density at radius 3 is 2.23 bits per heavy atom. The Kier molecular flexibility index (Phi) is 12.4. The first kappa shape index (κ1) is 33.5. The number of methoxy groups -OCH3 is 2. The number of alkyl halides is 2. The van der Waals surface area contributed by atoms with Crippen LogP contribution in [-0.2, 0) is 16.0 Å². The molecule has 0 unspecified atom stereocenters.